The molecular formula is C27H38N6O6S. The number of fused-ring (bicyclic) bond motifs is 1. The van der Waals surface area contributed by atoms with Crippen LogP contribution in [0.4, 0.5) is 4.79 Å². The second-order valence-corrected chi connectivity index (χ2v) is 12.7. The van der Waals surface area contributed by atoms with Crippen LogP contribution in [0, 0.1) is 0 Å². The zero-order valence-corrected chi connectivity index (χ0v) is 24.8. The number of aromatic amines is 1. The number of ether oxygens (including phenoxy) is 2. The predicted octanol–water partition coefficient (Wildman–Crippen LogP) is 3.31. The van der Waals surface area contributed by atoms with E-state index in [1.807, 2.05) is 13.8 Å². The smallest absolute Gasteiger partial charge is 0.410 e. The van der Waals surface area contributed by atoms with Crippen molar-refractivity contribution in [3.8, 4) is 17.1 Å². The number of rotatable bonds is 7. The Kier molecular flexibility index (Phi) is 8.55. The number of hydrogen-bond donors (Lipinski definition) is 1. The maximum atomic E-state index is 13.8. The number of nitrogens with one attached hydrogen (secondary N) is 1. The van der Waals surface area contributed by atoms with E-state index in [0.717, 1.165) is 6.42 Å². The third-order valence-electron chi connectivity index (χ3n) is 6.50. The van der Waals surface area contributed by atoms with E-state index in [-0.39, 0.29) is 35.9 Å². The molecule has 2 aromatic heterocycles. The van der Waals surface area contributed by atoms with Gasteiger partial charge in [0.25, 0.3) is 5.56 Å². The van der Waals surface area contributed by atoms with Crippen molar-refractivity contribution < 1.29 is 22.7 Å². The van der Waals surface area contributed by atoms with Crippen LogP contribution in [0.5, 0.6) is 5.75 Å². The summed E-state index contributed by atoms with van der Waals surface area (Å²) in [6, 6.07) is 4.55. The van der Waals surface area contributed by atoms with Crippen LogP contribution >= 0.6 is 0 Å². The minimum Gasteiger partial charge on any atom is -0.493 e. The number of aryl methyl sites for hydroxylation is 2. The Bertz CT molecular complexity index is 1560. The van der Waals surface area contributed by atoms with Crippen LogP contribution in [0.15, 0.2) is 27.9 Å². The van der Waals surface area contributed by atoms with Crippen LogP contribution in [-0.2, 0) is 28.2 Å². The van der Waals surface area contributed by atoms with E-state index in [9.17, 15) is 18.0 Å². The van der Waals surface area contributed by atoms with Gasteiger partial charge in [-0.15, -0.1) is 0 Å². The van der Waals surface area contributed by atoms with Gasteiger partial charge in [0.2, 0.25) is 10.0 Å². The largest absolute Gasteiger partial charge is 0.493 e. The number of H-pyrrole nitrogens is 1. The highest BCUT2D eigenvalue weighted by molar-refractivity contribution is 7.89. The Hall–Kier alpha value is -3.45. The first kappa shape index (κ1) is 29.5. The van der Waals surface area contributed by atoms with E-state index in [1.165, 1.54) is 26.0 Å². The highest BCUT2D eigenvalue weighted by atomic mass is 32.2. The molecule has 40 heavy (non-hydrogen) atoms. The molecule has 1 saturated heterocycles. The van der Waals surface area contributed by atoms with Crippen LogP contribution in [0.25, 0.3) is 22.4 Å². The molecule has 4 rings (SSSR count). The van der Waals surface area contributed by atoms with Gasteiger partial charge < -0.3 is 19.4 Å². The molecule has 1 N–H and O–H groups in total. The van der Waals surface area contributed by atoms with Gasteiger partial charge in [-0.25, -0.2) is 18.2 Å². The number of sulfonamides is 1. The number of aromatic nitrogens is 4. The van der Waals surface area contributed by atoms with E-state index >= 15 is 0 Å². The van der Waals surface area contributed by atoms with E-state index in [0.29, 0.717) is 54.0 Å². The Morgan fingerprint density at radius 3 is 2.55 bits per heavy atom. The lowest BCUT2D eigenvalue weighted by Gasteiger charge is -2.26. The topological polar surface area (TPSA) is 140 Å². The lowest BCUT2D eigenvalue weighted by Crippen LogP contribution is -2.40. The van der Waals surface area contributed by atoms with Gasteiger partial charge in [0.05, 0.1) is 22.8 Å². The number of carbonyl (C=O) groups is 1. The van der Waals surface area contributed by atoms with Crippen molar-refractivity contribution in [2.75, 3.05) is 32.8 Å². The summed E-state index contributed by atoms with van der Waals surface area (Å²) in [5.41, 5.74) is 0.884. The first-order valence-corrected chi connectivity index (χ1v) is 15.0. The number of hydrogen-bond acceptors (Lipinski definition) is 8. The molecule has 3 heterocycles. The fourth-order valence-electron chi connectivity index (χ4n) is 4.71. The van der Waals surface area contributed by atoms with Gasteiger partial charge in [-0.2, -0.15) is 9.40 Å². The molecule has 0 aliphatic carbocycles. The summed E-state index contributed by atoms with van der Waals surface area (Å²) < 4.78 is 41.7. The second kappa shape index (κ2) is 11.6. The fraction of sp³-hybridized carbons (Fsp3) is 0.556. The van der Waals surface area contributed by atoms with Crippen LogP contribution in [0.2, 0.25) is 0 Å². The minimum absolute atomic E-state index is 0.0411. The Morgan fingerprint density at radius 1 is 1.12 bits per heavy atom. The van der Waals surface area contributed by atoms with Gasteiger partial charge in [0.15, 0.2) is 5.52 Å². The molecule has 13 heteroatoms. The predicted molar refractivity (Wildman–Crippen MR) is 151 cm³/mol. The van der Waals surface area contributed by atoms with Gasteiger partial charge in [-0.3, -0.25) is 9.48 Å². The quantitative estimate of drug-likeness (QED) is 0.453. The average Bonchev–Trinajstić information content (AvgIpc) is 3.04. The normalized spacial score (nSPS) is 15.3. The minimum atomic E-state index is -3.93. The van der Waals surface area contributed by atoms with Gasteiger partial charge in [-0.05, 0) is 58.7 Å². The molecule has 0 spiro atoms. The zero-order chi connectivity index (χ0) is 29.2. The van der Waals surface area contributed by atoms with Crippen molar-refractivity contribution in [2.45, 2.75) is 64.4 Å². The molecular weight excluding hydrogens is 536 g/mol. The van der Waals surface area contributed by atoms with Crippen molar-refractivity contribution >= 4 is 27.1 Å². The van der Waals surface area contributed by atoms with Gasteiger partial charge >= 0.3 is 6.09 Å². The van der Waals surface area contributed by atoms with Crippen molar-refractivity contribution in [1.82, 2.24) is 29.0 Å². The molecule has 0 saturated carbocycles. The van der Waals surface area contributed by atoms with Crippen molar-refractivity contribution in [3.05, 3.63) is 34.2 Å². The molecule has 1 aliphatic rings. The van der Waals surface area contributed by atoms with Gasteiger partial charge in [0.1, 0.15) is 22.7 Å². The number of benzene rings is 1. The van der Waals surface area contributed by atoms with Crippen LogP contribution in [0.3, 0.4) is 0 Å². The summed E-state index contributed by atoms with van der Waals surface area (Å²) in [5.74, 6) is 0.604. The van der Waals surface area contributed by atoms with Gasteiger partial charge in [0, 0.05) is 33.2 Å². The summed E-state index contributed by atoms with van der Waals surface area (Å²) in [6.07, 6.45) is 1.48. The highest BCUT2D eigenvalue weighted by Gasteiger charge is 2.31. The van der Waals surface area contributed by atoms with Crippen molar-refractivity contribution in [3.63, 3.8) is 0 Å². The maximum absolute atomic E-state index is 13.8. The number of nitrogens with zero attached hydrogens (tertiary/aromatic N) is 5. The Balaban J connectivity index is 1.70. The molecule has 3 aromatic rings. The van der Waals surface area contributed by atoms with E-state index in [2.05, 4.69) is 10.1 Å². The summed E-state index contributed by atoms with van der Waals surface area (Å²) >= 11 is 0. The molecule has 0 atom stereocenters. The number of amides is 1. The SMILES string of the molecule is CCCc1nn(C)c2c(=O)[nH]c(-c3cc(S(=O)(=O)N4CCCN(C(=O)OC(C)(C)C)CC4)ccc3OCC)nc12. The molecule has 0 bridgehead atoms. The third-order valence-corrected chi connectivity index (χ3v) is 8.39. The van der Waals surface area contributed by atoms with E-state index < -0.39 is 21.7 Å². The standard InChI is InChI=1S/C27H38N6O6S/c1-7-10-20-22-23(31(6)30-20)25(34)29-24(28-22)19-17-18(11-12-21(19)38-8-2)40(36,37)33-14-9-13-32(15-16-33)26(35)39-27(3,4)5/h11-12,17H,7-10,13-16H2,1-6H3,(H,28,29,34). The van der Waals surface area contributed by atoms with E-state index in [1.54, 1.807) is 33.9 Å². The summed E-state index contributed by atoms with van der Waals surface area (Å²) in [7, 11) is -2.24. The highest BCUT2D eigenvalue weighted by Crippen LogP contribution is 2.32. The second-order valence-electron chi connectivity index (χ2n) is 10.7. The molecule has 218 valence electrons. The lowest BCUT2D eigenvalue weighted by molar-refractivity contribution is 0.0260. The van der Waals surface area contributed by atoms with Crippen molar-refractivity contribution in [1.29, 1.82) is 0 Å². The van der Waals surface area contributed by atoms with Crippen molar-refractivity contribution in [2.24, 2.45) is 7.05 Å². The summed E-state index contributed by atoms with van der Waals surface area (Å²) in [6.45, 7) is 10.5. The maximum Gasteiger partial charge on any atom is 0.410 e. The first-order valence-electron chi connectivity index (χ1n) is 13.6. The molecule has 1 amide bonds. The molecule has 1 aromatic carbocycles. The average molecular weight is 575 g/mol. The number of carbonyl (C=O) groups excluding carboxylic acids is 1. The first-order chi connectivity index (χ1) is 18.9. The summed E-state index contributed by atoms with van der Waals surface area (Å²) in [4.78, 5) is 34.7. The monoisotopic (exact) mass is 574 g/mol. The molecule has 0 unspecified atom stereocenters. The Morgan fingerprint density at radius 2 is 1.88 bits per heavy atom. The molecule has 12 nitrogen and oxygen atoms in total. The van der Waals surface area contributed by atoms with Gasteiger partial charge in [-0.1, -0.05) is 13.3 Å². The van der Waals surface area contributed by atoms with E-state index in [4.69, 9.17) is 14.5 Å². The Labute approximate surface area is 234 Å². The third kappa shape index (κ3) is 6.15. The zero-order valence-electron chi connectivity index (χ0n) is 24.0. The van der Waals surface area contributed by atoms with Crippen LogP contribution in [0.1, 0.15) is 53.2 Å². The molecule has 1 fully saturated rings. The molecule has 1 aliphatic heterocycles. The lowest BCUT2D eigenvalue weighted by atomic mass is 10.1. The van der Waals surface area contributed by atoms with Crippen LogP contribution in [-0.4, -0.2) is 81.9 Å². The van der Waals surface area contributed by atoms with Crippen LogP contribution < -0.4 is 10.3 Å². The molecule has 0 radical (unpaired) electrons. The summed E-state index contributed by atoms with van der Waals surface area (Å²) in [5, 5.41) is 4.46. The fourth-order valence-corrected chi connectivity index (χ4v) is 6.20.